The molecule has 0 aromatic heterocycles. The summed E-state index contributed by atoms with van der Waals surface area (Å²) in [5, 5.41) is 17.2. The molecule has 258 valence electrons. The molecule has 6 N–H and O–H groups in total. The third kappa shape index (κ3) is 17.3. The molecule has 2 aromatic rings. The van der Waals surface area contributed by atoms with Crippen LogP contribution in [0.15, 0.2) is 48.5 Å². The van der Waals surface area contributed by atoms with E-state index >= 15 is 0 Å². The Morgan fingerprint density at radius 2 is 1.21 bits per heavy atom. The van der Waals surface area contributed by atoms with Gasteiger partial charge in [-0.1, -0.05) is 103 Å². The van der Waals surface area contributed by atoms with Crippen LogP contribution in [0.2, 0.25) is 0 Å². The molecule has 4 amide bonds. The van der Waals surface area contributed by atoms with E-state index < -0.39 is 29.7 Å². The van der Waals surface area contributed by atoms with Crippen LogP contribution in [0, 0.1) is 0 Å². The van der Waals surface area contributed by atoms with Gasteiger partial charge in [0.15, 0.2) is 0 Å². The number of carbonyl (C=O) groups excluding carboxylic acids is 4. The van der Waals surface area contributed by atoms with Crippen LogP contribution in [0.5, 0.6) is 0 Å². The quantitative estimate of drug-likeness (QED) is 0.0694. The van der Waals surface area contributed by atoms with Crippen LogP contribution in [0.3, 0.4) is 0 Å². The summed E-state index contributed by atoms with van der Waals surface area (Å²) in [6, 6.07) is 10.9. The Hall–Kier alpha value is -4.21. The van der Waals surface area contributed by atoms with E-state index in [2.05, 4.69) is 22.9 Å². The predicted molar refractivity (Wildman–Crippen MR) is 186 cm³/mol. The zero-order valence-corrected chi connectivity index (χ0v) is 28.0. The van der Waals surface area contributed by atoms with Crippen molar-refractivity contribution in [1.82, 2.24) is 5.32 Å². The highest BCUT2D eigenvalue weighted by molar-refractivity contribution is 6.02. The largest absolute Gasteiger partial charge is 0.478 e. The predicted octanol–water partition coefficient (Wildman–Crippen LogP) is 7.59. The fourth-order valence-corrected chi connectivity index (χ4v) is 5.34. The van der Waals surface area contributed by atoms with Crippen molar-refractivity contribution < 1.29 is 29.1 Å². The molecule has 2 aromatic carbocycles. The number of anilines is 2. The van der Waals surface area contributed by atoms with Crippen molar-refractivity contribution in [2.45, 2.75) is 129 Å². The number of hydrogen-bond acceptors (Lipinski definition) is 5. The SMILES string of the molecule is CCCCCCCCCCCCCCCCCC(=O)Nc1ccc(C(=O)N[C@H](CCC(N)=O)C(=O)Nc2cccc(C(=O)O)c2)cc1. The first kappa shape index (κ1) is 39.0. The van der Waals surface area contributed by atoms with Crippen molar-refractivity contribution in [3.8, 4) is 0 Å². The van der Waals surface area contributed by atoms with Gasteiger partial charge in [0.05, 0.1) is 5.56 Å². The van der Waals surface area contributed by atoms with Crippen molar-refractivity contribution >= 4 is 41.0 Å². The van der Waals surface area contributed by atoms with Gasteiger partial charge in [0.1, 0.15) is 6.04 Å². The molecule has 10 nitrogen and oxygen atoms in total. The number of primary amides is 1. The Balaban J connectivity index is 1.68. The summed E-state index contributed by atoms with van der Waals surface area (Å²) in [7, 11) is 0. The van der Waals surface area contributed by atoms with Crippen molar-refractivity contribution in [3.05, 3.63) is 59.7 Å². The Labute approximate surface area is 279 Å². The molecule has 0 saturated heterocycles. The van der Waals surface area contributed by atoms with Gasteiger partial charge in [-0.3, -0.25) is 19.2 Å². The lowest BCUT2D eigenvalue weighted by Gasteiger charge is -2.18. The van der Waals surface area contributed by atoms with Crippen molar-refractivity contribution in [3.63, 3.8) is 0 Å². The molecule has 0 saturated carbocycles. The van der Waals surface area contributed by atoms with Crippen molar-refractivity contribution in [2.75, 3.05) is 10.6 Å². The molecule has 0 bridgehead atoms. The average Bonchev–Trinajstić information content (AvgIpc) is 3.05. The standard InChI is InChI=1S/C37H54N4O6/c1-2-3-4-5-6-7-8-9-10-11-12-13-14-15-16-20-34(43)39-30-23-21-28(22-24-30)35(44)41-32(25-26-33(38)42)36(45)40-31-19-17-18-29(27-31)37(46)47/h17-19,21-24,27,32H,2-16,20,25-26H2,1H3,(H2,38,42)(H,39,43)(H,40,45)(H,41,44)(H,46,47)/t32-/m1/s1. The highest BCUT2D eigenvalue weighted by Gasteiger charge is 2.23. The number of hydrogen-bond donors (Lipinski definition) is 5. The van der Waals surface area contributed by atoms with Crippen LogP contribution < -0.4 is 21.7 Å². The molecule has 47 heavy (non-hydrogen) atoms. The van der Waals surface area contributed by atoms with E-state index in [-0.39, 0.29) is 35.6 Å². The van der Waals surface area contributed by atoms with Gasteiger partial charge in [0.2, 0.25) is 17.7 Å². The number of nitrogens with two attached hydrogens (primary N) is 1. The number of benzene rings is 2. The monoisotopic (exact) mass is 650 g/mol. The minimum absolute atomic E-state index is 0.0116. The highest BCUT2D eigenvalue weighted by Crippen LogP contribution is 2.16. The van der Waals surface area contributed by atoms with Crippen molar-refractivity contribution in [2.24, 2.45) is 5.73 Å². The first-order valence-electron chi connectivity index (χ1n) is 17.3. The van der Waals surface area contributed by atoms with Gasteiger partial charge in [-0.2, -0.15) is 0 Å². The van der Waals surface area contributed by atoms with Crippen LogP contribution in [0.1, 0.15) is 143 Å². The molecular weight excluding hydrogens is 596 g/mol. The molecule has 0 unspecified atom stereocenters. The summed E-state index contributed by atoms with van der Waals surface area (Å²) >= 11 is 0. The summed E-state index contributed by atoms with van der Waals surface area (Å²) < 4.78 is 0. The maximum absolute atomic E-state index is 12.9. The summed E-state index contributed by atoms with van der Waals surface area (Å²) in [5.74, 6) is -3.03. The molecule has 0 heterocycles. The summed E-state index contributed by atoms with van der Waals surface area (Å²) in [4.78, 5) is 60.9. The van der Waals surface area contributed by atoms with Gasteiger partial charge in [-0.25, -0.2) is 4.79 Å². The maximum atomic E-state index is 12.9. The van der Waals surface area contributed by atoms with Gasteiger partial charge in [-0.05, 0) is 55.3 Å². The normalized spacial score (nSPS) is 11.4. The van der Waals surface area contributed by atoms with Crippen LogP contribution in [-0.4, -0.2) is 40.7 Å². The molecule has 1 atom stereocenters. The molecule has 0 spiro atoms. The highest BCUT2D eigenvalue weighted by atomic mass is 16.4. The number of unbranched alkanes of at least 4 members (excludes halogenated alkanes) is 14. The Morgan fingerprint density at radius 3 is 1.74 bits per heavy atom. The van der Waals surface area contributed by atoms with Crippen LogP contribution in [-0.2, 0) is 14.4 Å². The lowest BCUT2D eigenvalue weighted by molar-refractivity contribution is -0.120. The van der Waals surface area contributed by atoms with Gasteiger partial charge >= 0.3 is 5.97 Å². The van der Waals surface area contributed by atoms with E-state index in [1.165, 1.54) is 113 Å². The summed E-state index contributed by atoms with van der Waals surface area (Å²) in [6.45, 7) is 2.25. The van der Waals surface area contributed by atoms with Crippen LogP contribution in [0.4, 0.5) is 11.4 Å². The Bertz CT molecular complexity index is 1260. The second kappa shape index (κ2) is 23.2. The Kier molecular flexibility index (Phi) is 19.2. The third-order valence-corrected chi connectivity index (χ3v) is 8.12. The number of nitrogens with one attached hydrogen (secondary N) is 3. The molecule has 0 aliphatic heterocycles. The number of amides is 4. The van der Waals surface area contributed by atoms with Crippen LogP contribution in [0.25, 0.3) is 0 Å². The molecule has 10 heteroatoms. The molecule has 2 rings (SSSR count). The minimum atomic E-state index is -1.15. The molecule has 0 radical (unpaired) electrons. The molecule has 0 fully saturated rings. The molecular formula is C37H54N4O6. The van der Waals surface area contributed by atoms with Gasteiger partial charge < -0.3 is 26.8 Å². The van der Waals surface area contributed by atoms with E-state index in [1.54, 1.807) is 12.1 Å². The topological polar surface area (TPSA) is 168 Å². The fraction of sp³-hybridized carbons (Fsp3) is 0.541. The van der Waals surface area contributed by atoms with E-state index in [9.17, 15) is 29.1 Å². The van der Waals surface area contributed by atoms with E-state index in [1.807, 2.05) is 0 Å². The van der Waals surface area contributed by atoms with E-state index in [0.717, 1.165) is 19.3 Å². The fourth-order valence-electron chi connectivity index (χ4n) is 5.34. The smallest absolute Gasteiger partial charge is 0.335 e. The maximum Gasteiger partial charge on any atom is 0.335 e. The van der Waals surface area contributed by atoms with Gasteiger partial charge in [0.25, 0.3) is 5.91 Å². The van der Waals surface area contributed by atoms with E-state index in [0.29, 0.717) is 12.1 Å². The number of carboxylic acids is 1. The van der Waals surface area contributed by atoms with Crippen molar-refractivity contribution in [1.29, 1.82) is 0 Å². The van der Waals surface area contributed by atoms with Crippen LogP contribution >= 0.6 is 0 Å². The number of carboxylic acid groups (broad SMARTS) is 1. The minimum Gasteiger partial charge on any atom is -0.478 e. The summed E-state index contributed by atoms with van der Waals surface area (Å²) in [6.07, 6.45) is 19.3. The van der Waals surface area contributed by atoms with Gasteiger partial charge in [-0.15, -0.1) is 0 Å². The molecule has 0 aliphatic carbocycles. The van der Waals surface area contributed by atoms with E-state index in [4.69, 9.17) is 5.73 Å². The third-order valence-electron chi connectivity index (χ3n) is 8.12. The first-order chi connectivity index (χ1) is 22.7. The summed E-state index contributed by atoms with van der Waals surface area (Å²) in [5.41, 5.74) is 6.30. The zero-order valence-electron chi connectivity index (χ0n) is 28.0. The second-order valence-corrected chi connectivity index (χ2v) is 12.2. The number of carbonyl (C=O) groups is 5. The number of aromatic carboxylic acids is 1. The lowest BCUT2D eigenvalue weighted by Crippen LogP contribution is -2.44. The zero-order chi connectivity index (χ0) is 34.3. The average molecular weight is 651 g/mol. The first-order valence-corrected chi connectivity index (χ1v) is 17.3. The molecule has 0 aliphatic rings. The Morgan fingerprint density at radius 1 is 0.660 bits per heavy atom. The second-order valence-electron chi connectivity index (χ2n) is 12.2. The lowest BCUT2D eigenvalue weighted by atomic mass is 10.0. The number of rotatable bonds is 25. The van der Waals surface area contributed by atoms with Gasteiger partial charge in [0, 0.05) is 29.8 Å².